The van der Waals surface area contributed by atoms with Crippen molar-refractivity contribution in [2.24, 2.45) is 23.7 Å². The van der Waals surface area contributed by atoms with Crippen LogP contribution in [-0.4, -0.2) is 47.1 Å². The zero-order valence-corrected chi connectivity index (χ0v) is 14.9. The molecule has 4 N–H and O–H groups in total. The third-order valence-electron chi connectivity index (χ3n) is 5.56. The molecule has 0 aromatic rings. The number of hydrogen-bond acceptors (Lipinski definition) is 4. The first-order valence-corrected chi connectivity index (χ1v) is 9.43. The first-order chi connectivity index (χ1) is 12.4. The Bertz CT molecular complexity index is 502. The lowest BCUT2D eigenvalue weighted by Gasteiger charge is -2.28. The molecule has 0 saturated heterocycles. The molecule has 8 nitrogen and oxygen atoms in total. The van der Waals surface area contributed by atoms with Crippen LogP contribution in [0.2, 0.25) is 0 Å². The summed E-state index contributed by atoms with van der Waals surface area (Å²) in [6, 6.07) is 0. The van der Waals surface area contributed by atoms with E-state index in [1.165, 1.54) is 0 Å². The smallest absolute Gasteiger partial charge is 0.307 e. The predicted molar refractivity (Wildman–Crippen MR) is 92.2 cm³/mol. The van der Waals surface area contributed by atoms with Gasteiger partial charge in [0.1, 0.15) is 0 Å². The summed E-state index contributed by atoms with van der Waals surface area (Å²) in [5.41, 5.74) is 0. The normalized spacial score (nSPS) is 28.8. The van der Waals surface area contributed by atoms with Gasteiger partial charge in [-0.15, -0.1) is 0 Å². The lowest BCUT2D eigenvalue weighted by molar-refractivity contribution is -0.149. The molecule has 4 atom stereocenters. The minimum absolute atomic E-state index is 0.206. The van der Waals surface area contributed by atoms with E-state index in [0.29, 0.717) is 25.7 Å². The summed E-state index contributed by atoms with van der Waals surface area (Å²) >= 11 is 0. The van der Waals surface area contributed by atoms with E-state index in [4.69, 9.17) is 0 Å². The minimum Gasteiger partial charge on any atom is -0.481 e. The van der Waals surface area contributed by atoms with Crippen LogP contribution in [-0.2, 0) is 19.2 Å². The maximum Gasteiger partial charge on any atom is 0.307 e. The lowest BCUT2D eigenvalue weighted by atomic mass is 9.78. The molecule has 8 heteroatoms. The van der Waals surface area contributed by atoms with Gasteiger partial charge in [-0.1, -0.05) is 25.7 Å². The van der Waals surface area contributed by atoms with Gasteiger partial charge in [0.2, 0.25) is 11.8 Å². The van der Waals surface area contributed by atoms with Crippen LogP contribution in [0.1, 0.15) is 51.4 Å². The third kappa shape index (κ3) is 5.19. The second-order valence-electron chi connectivity index (χ2n) is 7.25. The second-order valence-corrected chi connectivity index (χ2v) is 7.25. The van der Waals surface area contributed by atoms with Gasteiger partial charge in [0.25, 0.3) is 0 Å². The van der Waals surface area contributed by atoms with Gasteiger partial charge in [0.05, 0.1) is 23.7 Å². The van der Waals surface area contributed by atoms with E-state index in [-0.39, 0.29) is 24.9 Å². The second kappa shape index (κ2) is 9.54. The average Bonchev–Trinajstić information content (AvgIpc) is 2.64. The molecule has 2 aliphatic rings. The van der Waals surface area contributed by atoms with Crippen molar-refractivity contribution in [3.05, 3.63) is 0 Å². The van der Waals surface area contributed by atoms with E-state index in [9.17, 15) is 29.4 Å². The Kier molecular flexibility index (Phi) is 7.41. The average molecular weight is 368 g/mol. The van der Waals surface area contributed by atoms with Gasteiger partial charge in [-0.3, -0.25) is 19.2 Å². The summed E-state index contributed by atoms with van der Waals surface area (Å²) in [5, 5.41) is 23.9. The quantitative estimate of drug-likeness (QED) is 0.496. The topological polar surface area (TPSA) is 133 Å². The fraction of sp³-hybridized carbons (Fsp3) is 0.778. The molecule has 146 valence electrons. The van der Waals surface area contributed by atoms with Gasteiger partial charge in [0, 0.05) is 13.1 Å². The standard InChI is InChI=1S/C18H28N2O6/c21-15(11-5-1-3-7-13(11)17(23)24)19-9-10-20-16(22)12-6-2-4-8-14(12)18(25)26/h11-14H,1-10H2,(H,19,21)(H,20,22)(H,23,24)(H,25,26). The molecule has 26 heavy (non-hydrogen) atoms. The number of rotatable bonds is 7. The zero-order valence-electron chi connectivity index (χ0n) is 14.9. The molecule has 0 aromatic heterocycles. The van der Waals surface area contributed by atoms with Crippen molar-refractivity contribution in [3.63, 3.8) is 0 Å². The van der Waals surface area contributed by atoms with Crippen LogP contribution in [0.15, 0.2) is 0 Å². The van der Waals surface area contributed by atoms with Gasteiger partial charge >= 0.3 is 11.9 Å². The number of carbonyl (C=O) groups excluding carboxylic acids is 2. The minimum atomic E-state index is -0.935. The molecular formula is C18H28N2O6. The number of carbonyl (C=O) groups is 4. The van der Waals surface area contributed by atoms with Crippen LogP contribution in [0, 0.1) is 23.7 Å². The van der Waals surface area contributed by atoms with Crippen LogP contribution in [0.3, 0.4) is 0 Å². The molecule has 0 radical (unpaired) electrons. The van der Waals surface area contributed by atoms with E-state index in [1.54, 1.807) is 0 Å². The number of carboxylic acid groups (broad SMARTS) is 2. The van der Waals surface area contributed by atoms with Gasteiger partial charge in [0.15, 0.2) is 0 Å². The summed E-state index contributed by atoms with van der Waals surface area (Å²) in [6.07, 6.45) is 5.50. The lowest BCUT2D eigenvalue weighted by Crippen LogP contribution is -2.44. The Balaban J connectivity index is 1.75. The fourth-order valence-electron chi connectivity index (χ4n) is 4.11. The van der Waals surface area contributed by atoms with Crippen molar-refractivity contribution >= 4 is 23.8 Å². The largest absolute Gasteiger partial charge is 0.481 e. The number of nitrogens with one attached hydrogen (secondary N) is 2. The van der Waals surface area contributed by atoms with E-state index in [0.717, 1.165) is 25.7 Å². The molecule has 2 rings (SSSR count). The van der Waals surface area contributed by atoms with Crippen LogP contribution >= 0.6 is 0 Å². The van der Waals surface area contributed by atoms with Gasteiger partial charge < -0.3 is 20.8 Å². The molecule has 2 saturated carbocycles. The molecule has 2 amide bonds. The van der Waals surface area contributed by atoms with Crippen molar-refractivity contribution < 1.29 is 29.4 Å². The SMILES string of the molecule is O=C(O)C1CCCCC1C(=O)NCCNC(=O)C1CCCCC1C(=O)O. The highest BCUT2D eigenvalue weighted by molar-refractivity contribution is 5.86. The Morgan fingerprint density at radius 1 is 0.615 bits per heavy atom. The number of carboxylic acids is 2. The Labute approximate surface area is 152 Å². The van der Waals surface area contributed by atoms with Crippen molar-refractivity contribution in [2.45, 2.75) is 51.4 Å². The Morgan fingerprint density at radius 3 is 1.23 bits per heavy atom. The van der Waals surface area contributed by atoms with Gasteiger partial charge in [-0.05, 0) is 25.7 Å². The molecule has 4 unspecified atom stereocenters. The Hall–Kier alpha value is -2.12. The highest BCUT2D eigenvalue weighted by atomic mass is 16.4. The number of aliphatic carboxylic acids is 2. The van der Waals surface area contributed by atoms with Gasteiger partial charge in [-0.2, -0.15) is 0 Å². The number of hydrogen-bond donors (Lipinski definition) is 4. The van der Waals surface area contributed by atoms with E-state index >= 15 is 0 Å². The van der Waals surface area contributed by atoms with Crippen LogP contribution in [0.5, 0.6) is 0 Å². The van der Waals surface area contributed by atoms with Gasteiger partial charge in [-0.25, -0.2) is 0 Å². The van der Waals surface area contributed by atoms with Crippen LogP contribution < -0.4 is 10.6 Å². The highest BCUT2D eigenvalue weighted by Gasteiger charge is 2.36. The van der Waals surface area contributed by atoms with Crippen molar-refractivity contribution in [1.82, 2.24) is 10.6 Å². The molecular weight excluding hydrogens is 340 g/mol. The molecule has 2 fully saturated rings. The summed E-state index contributed by atoms with van der Waals surface area (Å²) < 4.78 is 0. The summed E-state index contributed by atoms with van der Waals surface area (Å²) in [7, 11) is 0. The molecule has 2 aliphatic carbocycles. The molecule has 0 aromatic carbocycles. The maximum atomic E-state index is 12.2. The summed E-state index contributed by atoms with van der Waals surface area (Å²) in [6.45, 7) is 0.412. The van der Waals surface area contributed by atoms with E-state index in [1.807, 2.05) is 0 Å². The monoisotopic (exact) mass is 368 g/mol. The summed E-state index contributed by atoms with van der Waals surface area (Å²) in [4.78, 5) is 47.0. The molecule has 0 aliphatic heterocycles. The first-order valence-electron chi connectivity index (χ1n) is 9.43. The van der Waals surface area contributed by atoms with Crippen molar-refractivity contribution in [2.75, 3.05) is 13.1 Å². The highest BCUT2D eigenvalue weighted by Crippen LogP contribution is 2.31. The maximum absolute atomic E-state index is 12.2. The van der Waals surface area contributed by atoms with E-state index in [2.05, 4.69) is 10.6 Å². The molecule has 0 spiro atoms. The first kappa shape index (κ1) is 20.2. The molecule has 0 heterocycles. The van der Waals surface area contributed by atoms with Crippen molar-refractivity contribution in [3.8, 4) is 0 Å². The fourth-order valence-corrected chi connectivity index (χ4v) is 4.11. The third-order valence-corrected chi connectivity index (χ3v) is 5.56. The zero-order chi connectivity index (χ0) is 19.1. The van der Waals surface area contributed by atoms with Crippen LogP contribution in [0.25, 0.3) is 0 Å². The predicted octanol–water partition coefficient (Wildman–Crippen LogP) is 1.00. The van der Waals surface area contributed by atoms with Crippen LogP contribution in [0.4, 0.5) is 0 Å². The molecule has 0 bridgehead atoms. The Morgan fingerprint density at radius 2 is 0.923 bits per heavy atom. The van der Waals surface area contributed by atoms with E-state index < -0.39 is 35.6 Å². The summed E-state index contributed by atoms with van der Waals surface area (Å²) in [5.74, 6) is -4.77. The number of amides is 2. The van der Waals surface area contributed by atoms with Crippen molar-refractivity contribution in [1.29, 1.82) is 0 Å².